The molecule has 6 nitrogen and oxygen atoms in total. The summed E-state index contributed by atoms with van der Waals surface area (Å²) < 4.78 is 39.0. The minimum atomic E-state index is -3.65. The Morgan fingerprint density at radius 1 is 0.893 bits per heavy atom. The normalized spacial score (nSPS) is 12.4. The fraction of sp³-hybridized carbons (Fsp3) is 0.190. The van der Waals surface area contributed by atoms with E-state index in [0.29, 0.717) is 18.1 Å². The maximum atomic E-state index is 12.6. The molecule has 3 rings (SSSR count). The Morgan fingerprint density at radius 3 is 2.00 bits per heavy atom. The maximum absolute atomic E-state index is 12.6. The molecule has 146 valence electrons. The quantitative estimate of drug-likeness (QED) is 0.612. The van der Waals surface area contributed by atoms with Gasteiger partial charge in [-0.15, -0.1) is 0 Å². The van der Waals surface area contributed by atoms with Gasteiger partial charge in [0.1, 0.15) is 17.2 Å². The van der Waals surface area contributed by atoms with Crippen molar-refractivity contribution in [2.24, 2.45) is 0 Å². The summed E-state index contributed by atoms with van der Waals surface area (Å²) in [5.41, 5.74) is 0.842. The van der Waals surface area contributed by atoms with Crippen LogP contribution in [0.25, 0.3) is 0 Å². The zero-order valence-corrected chi connectivity index (χ0v) is 16.5. The van der Waals surface area contributed by atoms with Gasteiger partial charge in [-0.05, 0) is 80.1 Å². The third-order valence-electron chi connectivity index (χ3n) is 4.04. The highest BCUT2D eigenvalue weighted by molar-refractivity contribution is 7.89. The molecule has 0 aliphatic heterocycles. The monoisotopic (exact) mass is 398 g/mol. The Balaban J connectivity index is 1.67. The van der Waals surface area contributed by atoms with Gasteiger partial charge >= 0.3 is 0 Å². The van der Waals surface area contributed by atoms with Gasteiger partial charge in [0.15, 0.2) is 0 Å². The van der Waals surface area contributed by atoms with E-state index in [1.165, 1.54) is 12.1 Å². The van der Waals surface area contributed by atoms with Crippen LogP contribution < -0.4 is 14.2 Å². The third-order valence-corrected chi connectivity index (χ3v) is 5.60. The second-order valence-electron chi connectivity index (χ2n) is 6.10. The van der Waals surface area contributed by atoms with Crippen LogP contribution in [0.1, 0.15) is 25.5 Å². The van der Waals surface area contributed by atoms with Crippen molar-refractivity contribution < 1.29 is 17.9 Å². The highest BCUT2D eigenvalue weighted by atomic mass is 32.2. The number of hydrogen-bond donors (Lipinski definition) is 1. The van der Waals surface area contributed by atoms with Gasteiger partial charge in [-0.1, -0.05) is 0 Å². The Labute approximate surface area is 165 Å². The maximum Gasteiger partial charge on any atom is 0.241 e. The van der Waals surface area contributed by atoms with Crippen molar-refractivity contribution in [3.05, 3.63) is 78.6 Å². The summed E-state index contributed by atoms with van der Waals surface area (Å²) >= 11 is 0. The predicted octanol–water partition coefficient (Wildman–Crippen LogP) is 4.31. The number of benzene rings is 2. The van der Waals surface area contributed by atoms with E-state index in [9.17, 15) is 8.42 Å². The first-order chi connectivity index (χ1) is 13.5. The van der Waals surface area contributed by atoms with E-state index < -0.39 is 10.0 Å². The number of pyridine rings is 1. The van der Waals surface area contributed by atoms with Crippen LogP contribution in [0.5, 0.6) is 17.2 Å². The summed E-state index contributed by atoms with van der Waals surface area (Å²) in [7, 11) is -3.65. The minimum absolute atomic E-state index is 0.174. The number of nitrogens with zero attached hydrogens (tertiary/aromatic N) is 1. The van der Waals surface area contributed by atoms with Crippen LogP contribution in [0.3, 0.4) is 0 Å². The molecule has 0 aliphatic rings. The van der Waals surface area contributed by atoms with Crippen LogP contribution in [-0.2, 0) is 10.0 Å². The Kier molecular flexibility index (Phi) is 6.28. The molecule has 1 aromatic heterocycles. The molecule has 0 amide bonds. The van der Waals surface area contributed by atoms with Gasteiger partial charge in [-0.3, -0.25) is 4.98 Å². The zero-order chi connectivity index (χ0) is 20.0. The molecule has 1 atom stereocenters. The summed E-state index contributed by atoms with van der Waals surface area (Å²) in [6, 6.07) is 16.7. The van der Waals surface area contributed by atoms with Gasteiger partial charge in [0.05, 0.1) is 11.5 Å². The molecule has 0 saturated carbocycles. The highest BCUT2D eigenvalue weighted by Gasteiger charge is 2.18. The first kappa shape index (κ1) is 19.9. The number of rotatable bonds is 8. The molecule has 0 bridgehead atoms. The average Bonchev–Trinajstić information content (AvgIpc) is 2.70. The number of aromatic nitrogens is 1. The molecule has 3 aromatic rings. The first-order valence-corrected chi connectivity index (χ1v) is 10.4. The minimum Gasteiger partial charge on any atom is -0.494 e. The van der Waals surface area contributed by atoms with E-state index in [2.05, 4.69) is 9.71 Å². The average molecular weight is 398 g/mol. The van der Waals surface area contributed by atoms with E-state index in [-0.39, 0.29) is 10.9 Å². The van der Waals surface area contributed by atoms with Crippen LogP contribution in [0.4, 0.5) is 0 Å². The second-order valence-corrected chi connectivity index (χ2v) is 7.82. The Bertz CT molecular complexity index is 989. The summed E-state index contributed by atoms with van der Waals surface area (Å²) in [4.78, 5) is 4.12. The van der Waals surface area contributed by atoms with Crippen molar-refractivity contribution >= 4 is 10.0 Å². The van der Waals surface area contributed by atoms with Gasteiger partial charge in [0, 0.05) is 18.4 Å². The van der Waals surface area contributed by atoms with E-state index in [1.54, 1.807) is 55.7 Å². The molecular formula is C21H22N2O4S. The molecule has 0 unspecified atom stereocenters. The lowest BCUT2D eigenvalue weighted by molar-refractivity contribution is 0.339. The van der Waals surface area contributed by atoms with Crippen molar-refractivity contribution in [1.82, 2.24) is 9.71 Å². The molecule has 1 heterocycles. The Hall–Kier alpha value is -2.90. The van der Waals surface area contributed by atoms with Crippen LogP contribution >= 0.6 is 0 Å². The number of sulfonamides is 1. The van der Waals surface area contributed by atoms with Gasteiger partial charge in [0.25, 0.3) is 0 Å². The lowest BCUT2D eigenvalue weighted by Crippen LogP contribution is -2.26. The lowest BCUT2D eigenvalue weighted by Gasteiger charge is -2.15. The van der Waals surface area contributed by atoms with Crippen LogP contribution in [-0.4, -0.2) is 20.0 Å². The molecule has 7 heteroatoms. The SMILES string of the molecule is CCOc1ccc(Oc2ccc(S(=O)(=O)N[C@H](C)c3ccncc3)cc2)cc1. The molecule has 0 spiro atoms. The molecule has 28 heavy (non-hydrogen) atoms. The number of hydrogen-bond acceptors (Lipinski definition) is 5. The Morgan fingerprint density at radius 2 is 1.43 bits per heavy atom. The van der Waals surface area contributed by atoms with Crippen molar-refractivity contribution in [3.8, 4) is 17.2 Å². The van der Waals surface area contributed by atoms with Crippen molar-refractivity contribution in [2.45, 2.75) is 24.8 Å². The largest absolute Gasteiger partial charge is 0.494 e. The van der Waals surface area contributed by atoms with Crippen LogP contribution in [0.15, 0.2) is 78.0 Å². The molecule has 1 N–H and O–H groups in total. The van der Waals surface area contributed by atoms with Gasteiger partial charge in [-0.25, -0.2) is 13.1 Å². The first-order valence-electron chi connectivity index (χ1n) is 8.91. The van der Waals surface area contributed by atoms with Crippen LogP contribution in [0.2, 0.25) is 0 Å². The molecule has 0 radical (unpaired) electrons. The summed E-state index contributed by atoms with van der Waals surface area (Å²) in [5, 5.41) is 0. The number of ether oxygens (including phenoxy) is 2. The van der Waals surface area contributed by atoms with Crippen molar-refractivity contribution in [1.29, 1.82) is 0 Å². The standard InChI is InChI=1S/C21H22N2O4S/c1-3-26-18-4-6-19(7-5-18)27-20-8-10-21(11-9-20)28(24,25)23-16(2)17-12-14-22-15-13-17/h4-16,23H,3H2,1-2H3/t16-/m1/s1. The van der Waals surface area contributed by atoms with Gasteiger partial charge in [0.2, 0.25) is 10.0 Å². The fourth-order valence-electron chi connectivity index (χ4n) is 2.61. The van der Waals surface area contributed by atoms with E-state index >= 15 is 0 Å². The molecule has 0 aliphatic carbocycles. The summed E-state index contributed by atoms with van der Waals surface area (Å²) in [6.07, 6.45) is 3.26. The smallest absolute Gasteiger partial charge is 0.241 e. The molecule has 0 saturated heterocycles. The molecule has 0 fully saturated rings. The summed E-state index contributed by atoms with van der Waals surface area (Å²) in [5.74, 6) is 1.96. The topological polar surface area (TPSA) is 77.5 Å². The van der Waals surface area contributed by atoms with E-state index in [4.69, 9.17) is 9.47 Å². The van der Waals surface area contributed by atoms with E-state index in [1.807, 2.05) is 19.1 Å². The van der Waals surface area contributed by atoms with Crippen molar-refractivity contribution in [2.75, 3.05) is 6.61 Å². The number of nitrogens with one attached hydrogen (secondary N) is 1. The van der Waals surface area contributed by atoms with E-state index in [0.717, 1.165) is 11.3 Å². The van der Waals surface area contributed by atoms with Crippen molar-refractivity contribution in [3.63, 3.8) is 0 Å². The second kappa shape index (κ2) is 8.86. The fourth-order valence-corrected chi connectivity index (χ4v) is 3.85. The molecule has 2 aromatic carbocycles. The third kappa shape index (κ3) is 5.09. The summed E-state index contributed by atoms with van der Waals surface area (Å²) in [6.45, 7) is 4.31. The molecular weight excluding hydrogens is 376 g/mol. The lowest BCUT2D eigenvalue weighted by atomic mass is 10.1. The van der Waals surface area contributed by atoms with Gasteiger partial charge < -0.3 is 9.47 Å². The van der Waals surface area contributed by atoms with Gasteiger partial charge in [-0.2, -0.15) is 0 Å². The van der Waals surface area contributed by atoms with Crippen LogP contribution in [0, 0.1) is 0 Å². The highest BCUT2D eigenvalue weighted by Crippen LogP contribution is 2.25. The zero-order valence-electron chi connectivity index (χ0n) is 15.7. The predicted molar refractivity (Wildman–Crippen MR) is 107 cm³/mol.